The molecular formula is C13H11ClFNO3S. The van der Waals surface area contributed by atoms with Crippen molar-refractivity contribution in [1.82, 2.24) is 5.06 Å². The molecule has 0 N–H and O–H groups in total. The smallest absolute Gasteiger partial charge is 0.290 e. The van der Waals surface area contributed by atoms with Crippen LogP contribution >= 0.6 is 22.9 Å². The Hall–Kier alpha value is -1.63. The third-order valence-electron chi connectivity index (χ3n) is 2.49. The minimum absolute atomic E-state index is 0.0687. The SMILES string of the molecule is CON(C)C(=O)c1sc(Cl)c(Oc2ccccc2)c1F. The summed E-state index contributed by atoms with van der Waals surface area (Å²) in [7, 11) is 2.69. The van der Waals surface area contributed by atoms with Gasteiger partial charge in [-0.25, -0.2) is 9.45 Å². The number of nitrogens with zero attached hydrogens (tertiary/aromatic N) is 1. The third-order valence-corrected chi connectivity index (χ3v) is 3.81. The molecule has 2 aromatic rings. The van der Waals surface area contributed by atoms with E-state index in [1.807, 2.05) is 0 Å². The first kappa shape index (κ1) is 14.8. The maximum Gasteiger partial charge on any atom is 0.290 e. The summed E-state index contributed by atoms with van der Waals surface area (Å²) in [6, 6.07) is 8.63. The van der Waals surface area contributed by atoms with Crippen molar-refractivity contribution in [3.05, 3.63) is 45.4 Å². The Kier molecular flexibility index (Phi) is 4.59. The maximum atomic E-state index is 14.2. The lowest BCUT2D eigenvalue weighted by Gasteiger charge is -2.11. The van der Waals surface area contributed by atoms with E-state index in [-0.39, 0.29) is 15.0 Å². The lowest BCUT2D eigenvalue weighted by Crippen LogP contribution is -2.25. The van der Waals surface area contributed by atoms with Crippen LogP contribution in [0.1, 0.15) is 9.67 Å². The fourth-order valence-corrected chi connectivity index (χ4v) is 2.58. The Morgan fingerprint density at radius 3 is 2.60 bits per heavy atom. The lowest BCUT2D eigenvalue weighted by atomic mass is 10.3. The van der Waals surface area contributed by atoms with Gasteiger partial charge in [-0.2, -0.15) is 0 Å². The second-order valence-electron chi connectivity index (χ2n) is 3.75. The van der Waals surface area contributed by atoms with Gasteiger partial charge in [0.1, 0.15) is 15.0 Å². The fourth-order valence-electron chi connectivity index (χ4n) is 1.42. The highest BCUT2D eigenvalue weighted by atomic mass is 35.5. The number of hydrogen-bond donors (Lipinski definition) is 0. The average Bonchev–Trinajstić information content (AvgIpc) is 2.75. The van der Waals surface area contributed by atoms with Crippen molar-refractivity contribution in [1.29, 1.82) is 0 Å². The van der Waals surface area contributed by atoms with Gasteiger partial charge >= 0.3 is 0 Å². The van der Waals surface area contributed by atoms with Crippen molar-refractivity contribution in [3.63, 3.8) is 0 Å². The number of ether oxygens (including phenoxy) is 1. The summed E-state index contributed by atoms with van der Waals surface area (Å²) in [6.07, 6.45) is 0. The van der Waals surface area contributed by atoms with Gasteiger partial charge in [-0.3, -0.25) is 9.63 Å². The molecule has 0 aliphatic rings. The first-order valence-corrected chi connectivity index (χ1v) is 6.77. The van der Waals surface area contributed by atoms with E-state index in [1.165, 1.54) is 14.2 Å². The van der Waals surface area contributed by atoms with Crippen LogP contribution in [0.25, 0.3) is 0 Å². The summed E-state index contributed by atoms with van der Waals surface area (Å²) in [5.74, 6) is -1.14. The van der Waals surface area contributed by atoms with E-state index < -0.39 is 11.7 Å². The maximum absolute atomic E-state index is 14.2. The highest BCUT2D eigenvalue weighted by Gasteiger charge is 2.26. The summed E-state index contributed by atoms with van der Waals surface area (Å²) in [5, 5.41) is 0.914. The Morgan fingerprint density at radius 2 is 2.00 bits per heavy atom. The van der Waals surface area contributed by atoms with Crippen LogP contribution in [0.15, 0.2) is 30.3 Å². The number of hydrogen-bond acceptors (Lipinski definition) is 4. The molecule has 7 heteroatoms. The Labute approximate surface area is 124 Å². The van der Waals surface area contributed by atoms with E-state index in [0.717, 1.165) is 16.4 Å². The van der Waals surface area contributed by atoms with Crippen molar-refractivity contribution < 1.29 is 18.8 Å². The second-order valence-corrected chi connectivity index (χ2v) is 5.37. The van der Waals surface area contributed by atoms with Crippen LogP contribution in [0.4, 0.5) is 4.39 Å². The van der Waals surface area contributed by atoms with Gasteiger partial charge in [0.2, 0.25) is 0 Å². The van der Waals surface area contributed by atoms with Crippen LogP contribution in [0, 0.1) is 5.82 Å². The van der Waals surface area contributed by atoms with Crippen molar-refractivity contribution >= 4 is 28.8 Å². The van der Waals surface area contributed by atoms with E-state index in [2.05, 4.69) is 0 Å². The monoisotopic (exact) mass is 315 g/mol. The summed E-state index contributed by atoms with van der Waals surface area (Å²) in [4.78, 5) is 16.4. The molecule has 0 bridgehead atoms. The molecule has 0 saturated carbocycles. The third kappa shape index (κ3) is 2.92. The minimum Gasteiger partial charge on any atom is -0.452 e. The van der Waals surface area contributed by atoms with Gasteiger partial charge in [-0.15, -0.1) is 11.3 Å². The molecule has 1 heterocycles. The van der Waals surface area contributed by atoms with Crippen molar-refractivity contribution in [2.75, 3.05) is 14.2 Å². The molecular weight excluding hydrogens is 305 g/mol. The predicted molar refractivity (Wildman–Crippen MR) is 74.9 cm³/mol. The summed E-state index contributed by atoms with van der Waals surface area (Å²) in [6.45, 7) is 0. The molecule has 1 aromatic heterocycles. The number of para-hydroxylation sites is 1. The number of carbonyl (C=O) groups is 1. The van der Waals surface area contributed by atoms with E-state index >= 15 is 0 Å². The van der Waals surface area contributed by atoms with Crippen LogP contribution in [-0.4, -0.2) is 25.1 Å². The average molecular weight is 316 g/mol. The predicted octanol–water partition coefficient (Wildman–Crippen LogP) is 3.97. The summed E-state index contributed by atoms with van der Waals surface area (Å²) < 4.78 is 19.7. The van der Waals surface area contributed by atoms with Gasteiger partial charge in [0.25, 0.3) is 5.91 Å². The topological polar surface area (TPSA) is 38.8 Å². The largest absolute Gasteiger partial charge is 0.452 e. The number of carbonyl (C=O) groups excluding carboxylic acids is 1. The zero-order chi connectivity index (χ0) is 14.7. The number of amides is 1. The van der Waals surface area contributed by atoms with Gasteiger partial charge in [0.05, 0.1) is 7.11 Å². The number of halogens is 2. The van der Waals surface area contributed by atoms with Crippen LogP contribution in [0.5, 0.6) is 11.5 Å². The van der Waals surface area contributed by atoms with Crippen molar-refractivity contribution in [2.24, 2.45) is 0 Å². The molecule has 0 saturated heterocycles. The normalized spacial score (nSPS) is 10.4. The molecule has 1 aromatic carbocycles. The highest BCUT2D eigenvalue weighted by Crippen LogP contribution is 2.41. The first-order chi connectivity index (χ1) is 9.54. The van der Waals surface area contributed by atoms with Crippen molar-refractivity contribution in [2.45, 2.75) is 0 Å². The van der Waals surface area contributed by atoms with Crippen LogP contribution < -0.4 is 4.74 Å². The Balaban J connectivity index is 2.32. The van der Waals surface area contributed by atoms with Crippen LogP contribution in [-0.2, 0) is 4.84 Å². The molecule has 0 spiro atoms. The molecule has 20 heavy (non-hydrogen) atoms. The van der Waals surface area contributed by atoms with E-state index in [9.17, 15) is 9.18 Å². The van der Waals surface area contributed by atoms with Crippen LogP contribution in [0.3, 0.4) is 0 Å². The Morgan fingerprint density at radius 1 is 1.35 bits per heavy atom. The van der Waals surface area contributed by atoms with Gasteiger partial charge in [-0.05, 0) is 12.1 Å². The van der Waals surface area contributed by atoms with Gasteiger partial charge in [0.15, 0.2) is 11.6 Å². The zero-order valence-corrected chi connectivity index (χ0v) is 12.3. The molecule has 2 rings (SSSR count). The van der Waals surface area contributed by atoms with Crippen LogP contribution in [0.2, 0.25) is 4.34 Å². The number of benzene rings is 1. The van der Waals surface area contributed by atoms with Gasteiger partial charge in [-0.1, -0.05) is 29.8 Å². The quantitative estimate of drug-likeness (QED) is 0.801. The number of rotatable bonds is 4. The fraction of sp³-hybridized carbons (Fsp3) is 0.154. The summed E-state index contributed by atoms with van der Waals surface area (Å²) in [5.41, 5.74) is 0. The Bertz CT molecular complexity index is 618. The lowest BCUT2D eigenvalue weighted by molar-refractivity contribution is -0.0756. The molecule has 4 nitrogen and oxygen atoms in total. The molecule has 0 unspecified atom stereocenters. The standard InChI is InChI=1S/C13H11ClFNO3S/c1-16(18-2)13(17)11-9(15)10(12(14)20-11)19-8-6-4-3-5-7-8/h3-7H,1-2H3. The van der Waals surface area contributed by atoms with E-state index in [4.69, 9.17) is 21.2 Å². The molecule has 0 radical (unpaired) electrons. The molecule has 0 atom stereocenters. The van der Waals surface area contributed by atoms with E-state index in [1.54, 1.807) is 30.3 Å². The number of hydroxylamine groups is 2. The molecule has 106 valence electrons. The molecule has 0 aliphatic heterocycles. The van der Waals surface area contributed by atoms with E-state index in [0.29, 0.717) is 5.75 Å². The molecule has 1 amide bonds. The van der Waals surface area contributed by atoms with Gasteiger partial charge in [0, 0.05) is 7.05 Å². The summed E-state index contributed by atoms with van der Waals surface area (Å²) >= 11 is 6.74. The van der Waals surface area contributed by atoms with Gasteiger partial charge < -0.3 is 4.74 Å². The first-order valence-electron chi connectivity index (χ1n) is 5.57. The zero-order valence-electron chi connectivity index (χ0n) is 10.7. The molecule has 0 aliphatic carbocycles. The second kappa shape index (κ2) is 6.21. The highest BCUT2D eigenvalue weighted by molar-refractivity contribution is 7.18. The minimum atomic E-state index is -0.794. The number of thiophene rings is 1. The van der Waals surface area contributed by atoms with Crippen molar-refractivity contribution in [3.8, 4) is 11.5 Å². The molecule has 0 fully saturated rings.